The molecule has 0 saturated heterocycles. The van der Waals surface area contributed by atoms with Crippen LogP contribution in [0.25, 0.3) is 11.3 Å². The lowest BCUT2D eigenvalue weighted by atomic mass is 9.86. The number of nitrogens with zero attached hydrogens (tertiary/aromatic N) is 1. The first-order valence-electron chi connectivity index (χ1n) is 7.37. The van der Waals surface area contributed by atoms with E-state index in [2.05, 4.69) is 15.3 Å². The minimum Gasteiger partial charge on any atom is -0.345 e. The zero-order valence-corrected chi connectivity index (χ0v) is 11.9. The molecule has 110 valence electrons. The molecule has 1 aliphatic rings. The number of aromatic nitrogens is 2. The number of aromatic amines is 1. The molecule has 4 N–H and O–H groups in total. The van der Waals surface area contributed by atoms with Gasteiger partial charge in [0.15, 0.2) is 0 Å². The van der Waals surface area contributed by atoms with E-state index in [0.29, 0.717) is 0 Å². The Bertz CT molecular complexity index is 583. The Hall–Kier alpha value is -2.14. The predicted octanol–water partition coefficient (Wildman–Crippen LogP) is 2.53. The minimum atomic E-state index is 0.0945. The molecule has 0 radical (unpaired) electrons. The number of amides is 1. The van der Waals surface area contributed by atoms with Gasteiger partial charge < -0.3 is 16.0 Å². The molecule has 1 aliphatic carbocycles. The van der Waals surface area contributed by atoms with Crippen LogP contribution in [0.2, 0.25) is 0 Å². The number of nitrogens with one attached hydrogen (secondary N) is 2. The molecule has 1 saturated carbocycles. The van der Waals surface area contributed by atoms with Crippen molar-refractivity contribution in [2.75, 3.05) is 5.32 Å². The Morgan fingerprint density at radius 1 is 1.19 bits per heavy atom. The van der Waals surface area contributed by atoms with Crippen LogP contribution in [0.15, 0.2) is 36.8 Å². The maximum atomic E-state index is 12.2. The summed E-state index contributed by atoms with van der Waals surface area (Å²) in [5.74, 6) is 0.202. The second kappa shape index (κ2) is 6.10. The fraction of sp³-hybridized carbons (Fsp3) is 0.375. The summed E-state index contributed by atoms with van der Waals surface area (Å²) in [6.45, 7) is 0. The zero-order valence-electron chi connectivity index (χ0n) is 11.9. The number of H-pyrrole nitrogens is 1. The number of carbonyl (C=O) groups is 1. The Morgan fingerprint density at radius 2 is 1.90 bits per heavy atom. The van der Waals surface area contributed by atoms with Crippen LogP contribution in [0.3, 0.4) is 0 Å². The molecule has 1 aromatic heterocycles. The summed E-state index contributed by atoms with van der Waals surface area (Å²) in [6.07, 6.45) is 7.09. The smallest absolute Gasteiger partial charge is 0.227 e. The van der Waals surface area contributed by atoms with Gasteiger partial charge >= 0.3 is 0 Å². The van der Waals surface area contributed by atoms with E-state index in [1.807, 2.05) is 24.3 Å². The summed E-state index contributed by atoms with van der Waals surface area (Å²) < 4.78 is 0. The molecule has 1 heterocycles. The van der Waals surface area contributed by atoms with Gasteiger partial charge in [-0.05, 0) is 43.4 Å². The molecule has 0 unspecified atom stereocenters. The van der Waals surface area contributed by atoms with Gasteiger partial charge in [-0.2, -0.15) is 0 Å². The third-order valence-electron chi connectivity index (χ3n) is 4.10. The summed E-state index contributed by atoms with van der Waals surface area (Å²) in [5, 5.41) is 2.99. The highest BCUT2D eigenvalue weighted by Gasteiger charge is 2.24. The van der Waals surface area contributed by atoms with Gasteiger partial charge in [0.25, 0.3) is 0 Å². The number of carbonyl (C=O) groups excluding carboxylic acids is 1. The van der Waals surface area contributed by atoms with Crippen molar-refractivity contribution in [3.8, 4) is 11.3 Å². The number of hydrogen-bond acceptors (Lipinski definition) is 3. The number of nitrogens with two attached hydrogens (primary N) is 1. The van der Waals surface area contributed by atoms with Crippen LogP contribution in [0.1, 0.15) is 25.7 Å². The number of imidazole rings is 1. The highest BCUT2D eigenvalue weighted by atomic mass is 16.1. The number of rotatable bonds is 3. The van der Waals surface area contributed by atoms with Crippen molar-refractivity contribution in [1.82, 2.24) is 9.97 Å². The molecule has 0 spiro atoms. The van der Waals surface area contributed by atoms with Gasteiger partial charge in [-0.3, -0.25) is 4.79 Å². The molecule has 0 bridgehead atoms. The second-order valence-corrected chi connectivity index (χ2v) is 5.64. The SMILES string of the molecule is NC1CCC(C(=O)Nc2ccc(-c3cnc[nH]3)cc2)CC1. The van der Waals surface area contributed by atoms with E-state index >= 15 is 0 Å². The first kappa shape index (κ1) is 13.8. The van der Waals surface area contributed by atoms with Gasteiger partial charge in [0.1, 0.15) is 0 Å². The van der Waals surface area contributed by atoms with Crippen molar-refractivity contribution >= 4 is 11.6 Å². The number of benzene rings is 1. The summed E-state index contributed by atoms with van der Waals surface area (Å²) in [4.78, 5) is 19.3. The van der Waals surface area contributed by atoms with Crippen molar-refractivity contribution in [3.05, 3.63) is 36.8 Å². The second-order valence-electron chi connectivity index (χ2n) is 5.64. The molecule has 5 nitrogen and oxygen atoms in total. The predicted molar refractivity (Wildman–Crippen MR) is 82.6 cm³/mol. The Labute approximate surface area is 124 Å². The molecule has 5 heteroatoms. The molecule has 1 fully saturated rings. The molecule has 21 heavy (non-hydrogen) atoms. The van der Waals surface area contributed by atoms with E-state index in [0.717, 1.165) is 42.6 Å². The fourth-order valence-electron chi connectivity index (χ4n) is 2.77. The first-order valence-corrected chi connectivity index (χ1v) is 7.37. The third-order valence-corrected chi connectivity index (χ3v) is 4.10. The Kier molecular flexibility index (Phi) is 4.01. The van der Waals surface area contributed by atoms with E-state index in [1.165, 1.54) is 0 Å². The number of hydrogen-bond donors (Lipinski definition) is 3. The lowest BCUT2D eigenvalue weighted by molar-refractivity contribution is -0.120. The van der Waals surface area contributed by atoms with Crippen LogP contribution >= 0.6 is 0 Å². The minimum absolute atomic E-state index is 0.0945. The fourth-order valence-corrected chi connectivity index (χ4v) is 2.77. The molecule has 2 aromatic rings. The van der Waals surface area contributed by atoms with Crippen LogP contribution in [0.5, 0.6) is 0 Å². The Morgan fingerprint density at radius 3 is 2.52 bits per heavy atom. The van der Waals surface area contributed by atoms with Crippen LogP contribution in [-0.4, -0.2) is 21.9 Å². The summed E-state index contributed by atoms with van der Waals surface area (Å²) >= 11 is 0. The van der Waals surface area contributed by atoms with E-state index in [-0.39, 0.29) is 17.9 Å². The van der Waals surface area contributed by atoms with Crippen LogP contribution in [-0.2, 0) is 4.79 Å². The van der Waals surface area contributed by atoms with Crippen LogP contribution in [0, 0.1) is 5.92 Å². The average molecular weight is 284 g/mol. The summed E-state index contributed by atoms with van der Waals surface area (Å²) in [7, 11) is 0. The van der Waals surface area contributed by atoms with Crippen molar-refractivity contribution < 1.29 is 4.79 Å². The maximum Gasteiger partial charge on any atom is 0.227 e. The molecule has 3 rings (SSSR count). The molecule has 1 amide bonds. The topological polar surface area (TPSA) is 83.8 Å². The highest BCUT2D eigenvalue weighted by Crippen LogP contribution is 2.25. The van der Waals surface area contributed by atoms with Crippen LogP contribution < -0.4 is 11.1 Å². The molecular formula is C16H20N4O. The van der Waals surface area contributed by atoms with Crippen molar-refractivity contribution in [2.24, 2.45) is 11.7 Å². The summed E-state index contributed by atoms with van der Waals surface area (Å²) in [6, 6.07) is 8.05. The van der Waals surface area contributed by atoms with Gasteiger partial charge in [0.2, 0.25) is 5.91 Å². The van der Waals surface area contributed by atoms with E-state index < -0.39 is 0 Å². The van der Waals surface area contributed by atoms with Gasteiger partial charge in [-0.15, -0.1) is 0 Å². The standard InChI is InChI=1S/C16H20N4O/c17-13-5-1-12(2-6-13)16(21)20-14-7-3-11(4-8-14)15-9-18-10-19-15/h3-4,7-10,12-13H,1-2,5-6,17H2,(H,18,19)(H,20,21). The molecule has 0 aliphatic heterocycles. The van der Waals surface area contributed by atoms with Crippen LogP contribution in [0.4, 0.5) is 5.69 Å². The van der Waals surface area contributed by atoms with Crippen molar-refractivity contribution in [2.45, 2.75) is 31.7 Å². The van der Waals surface area contributed by atoms with Gasteiger partial charge in [0.05, 0.1) is 18.2 Å². The number of anilines is 1. The van der Waals surface area contributed by atoms with E-state index in [4.69, 9.17) is 5.73 Å². The zero-order chi connectivity index (χ0) is 14.7. The quantitative estimate of drug-likeness (QED) is 0.809. The summed E-state index contributed by atoms with van der Waals surface area (Å²) in [5.41, 5.74) is 8.72. The molecule has 0 atom stereocenters. The van der Waals surface area contributed by atoms with Gasteiger partial charge in [0, 0.05) is 17.6 Å². The maximum absolute atomic E-state index is 12.2. The third kappa shape index (κ3) is 3.31. The van der Waals surface area contributed by atoms with Gasteiger partial charge in [-0.1, -0.05) is 12.1 Å². The van der Waals surface area contributed by atoms with Gasteiger partial charge in [-0.25, -0.2) is 4.98 Å². The normalized spacial score (nSPS) is 22.0. The molecule has 1 aromatic carbocycles. The lowest BCUT2D eigenvalue weighted by Crippen LogP contribution is -2.32. The van der Waals surface area contributed by atoms with Crippen molar-refractivity contribution in [1.29, 1.82) is 0 Å². The lowest BCUT2D eigenvalue weighted by Gasteiger charge is -2.25. The molecular weight excluding hydrogens is 264 g/mol. The highest BCUT2D eigenvalue weighted by molar-refractivity contribution is 5.92. The monoisotopic (exact) mass is 284 g/mol. The first-order chi connectivity index (χ1) is 10.2. The van der Waals surface area contributed by atoms with E-state index in [1.54, 1.807) is 12.5 Å². The van der Waals surface area contributed by atoms with E-state index in [9.17, 15) is 4.79 Å². The Balaban J connectivity index is 1.61. The van der Waals surface area contributed by atoms with Crippen molar-refractivity contribution in [3.63, 3.8) is 0 Å². The average Bonchev–Trinajstić information content (AvgIpc) is 3.03. The largest absolute Gasteiger partial charge is 0.345 e.